The molecule has 3 aromatic rings. The maximum absolute atomic E-state index is 14.9. The van der Waals surface area contributed by atoms with Crippen molar-refractivity contribution in [2.45, 2.75) is 44.1 Å². The summed E-state index contributed by atoms with van der Waals surface area (Å²) >= 11 is 0. The molecule has 5 rings (SSSR count). The normalized spacial score (nSPS) is 19.4. The molecule has 1 aromatic heterocycles. The van der Waals surface area contributed by atoms with Crippen LogP contribution in [0.25, 0.3) is 0 Å². The number of benzene rings is 2. The second-order valence-electron chi connectivity index (χ2n) is 10.6. The predicted molar refractivity (Wildman–Crippen MR) is 152 cm³/mol. The van der Waals surface area contributed by atoms with Crippen LogP contribution in [0.3, 0.4) is 0 Å². The second-order valence-corrected chi connectivity index (χ2v) is 10.6. The van der Waals surface area contributed by atoms with Gasteiger partial charge in [-0.1, -0.05) is 12.1 Å². The number of likely N-dealkylation sites (tertiary alicyclic amines) is 2. The average molecular weight is 567 g/mol. The molecule has 2 fully saturated rings. The zero-order chi connectivity index (χ0) is 29.5. The highest BCUT2D eigenvalue weighted by molar-refractivity contribution is 5.96. The Bertz CT molecular complexity index is 1470. The number of nitriles is 2. The fourth-order valence-corrected chi connectivity index (χ4v) is 5.26. The minimum Gasteiger partial charge on any atom is -0.487 e. The van der Waals surface area contributed by atoms with Crippen LogP contribution in [-0.2, 0) is 6.54 Å². The van der Waals surface area contributed by atoms with Gasteiger partial charge >= 0.3 is 0 Å². The van der Waals surface area contributed by atoms with E-state index in [2.05, 4.69) is 21.3 Å². The number of hydrogen-bond acceptors (Lipinski definition) is 7. The van der Waals surface area contributed by atoms with Crippen LogP contribution in [-0.4, -0.2) is 71.1 Å². The number of amides is 2. The summed E-state index contributed by atoms with van der Waals surface area (Å²) in [6.45, 7) is 2.71. The van der Waals surface area contributed by atoms with E-state index in [1.54, 1.807) is 30.3 Å². The van der Waals surface area contributed by atoms with Crippen molar-refractivity contribution >= 4 is 11.8 Å². The van der Waals surface area contributed by atoms with E-state index in [9.17, 15) is 14.0 Å². The molecule has 0 aliphatic carbocycles. The molecule has 2 aliphatic rings. The summed E-state index contributed by atoms with van der Waals surface area (Å²) in [6, 6.07) is 21.3. The Morgan fingerprint density at radius 2 is 1.60 bits per heavy atom. The number of carbonyl (C=O) groups excluding carboxylic acids is 2. The number of rotatable bonds is 7. The molecule has 0 spiro atoms. The van der Waals surface area contributed by atoms with E-state index < -0.39 is 12.3 Å². The molecule has 9 nitrogen and oxygen atoms in total. The van der Waals surface area contributed by atoms with E-state index in [-0.39, 0.29) is 30.1 Å². The third-order valence-electron chi connectivity index (χ3n) is 7.69. The number of hydrogen-bond donors (Lipinski definition) is 1. The lowest BCUT2D eigenvalue weighted by Crippen LogP contribution is -2.49. The number of halogens is 1. The average Bonchev–Trinajstić information content (AvgIpc) is 3.03. The van der Waals surface area contributed by atoms with E-state index >= 15 is 0 Å². The fraction of sp³-hybridized carbons (Fsp3) is 0.344. The summed E-state index contributed by atoms with van der Waals surface area (Å²) in [7, 11) is 0. The second kappa shape index (κ2) is 13.2. The quantitative estimate of drug-likeness (QED) is 0.461. The summed E-state index contributed by atoms with van der Waals surface area (Å²) in [6.07, 6.45) is 1.26. The van der Waals surface area contributed by atoms with Crippen molar-refractivity contribution in [1.29, 1.82) is 10.5 Å². The molecule has 2 saturated heterocycles. The van der Waals surface area contributed by atoms with Crippen molar-refractivity contribution in [3.05, 3.63) is 94.8 Å². The number of ether oxygens (including phenoxy) is 1. The van der Waals surface area contributed by atoms with E-state index in [1.807, 2.05) is 30.3 Å². The number of piperidine rings is 2. The molecule has 2 atom stereocenters. The maximum Gasteiger partial charge on any atom is 0.270 e. The Morgan fingerprint density at radius 3 is 2.19 bits per heavy atom. The monoisotopic (exact) mass is 566 g/mol. The van der Waals surface area contributed by atoms with Gasteiger partial charge in [0.15, 0.2) is 6.17 Å². The van der Waals surface area contributed by atoms with E-state index in [0.29, 0.717) is 35.4 Å². The molecule has 42 heavy (non-hydrogen) atoms. The van der Waals surface area contributed by atoms with E-state index in [4.69, 9.17) is 15.3 Å². The number of carbonyl (C=O) groups is 2. The van der Waals surface area contributed by atoms with Crippen molar-refractivity contribution in [1.82, 2.24) is 20.1 Å². The van der Waals surface area contributed by atoms with Gasteiger partial charge in [0.05, 0.1) is 35.4 Å². The van der Waals surface area contributed by atoms with Crippen LogP contribution in [0.1, 0.15) is 56.8 Å². The summed E-state index contributed by atoms with van der Waals surface area (Å²) in [5.41, 5.74) is 2.81. The minimum absolute atomic E-state index is 0.0344. The number of nitrogens with one attached hydrogen (secondary N) is 1. The molecule has 0 radical (unpaired) electrons. The Labute approximate surface area is 244 Å². The standard InChI is InChI=1S/C32H31FN6O3/c33-28-21-39(16-13-30(28)42-27-8-5-23(18-35)6-9-27)32(41)25-7-10-29(36-19-25)31(40)37-26-11-14-38(15-12-26)20-24-3-1-22(17-34)2-4-24/h1-10,19,26,28,30H,11-16,20-21H2,(H,37,40)/t28-,30?/m0/s1. The first-order valence-electron chi connectivity index (χ1n) is 14.0. The number of pyridine rings is 1. The minimum atomic E-state index is -1.37. The highest BCUT2D eigenvalue weighted by atomic mass is 19.1. The first-order valence-corrected chi connectivity index (χ1v) is 14.0. The third-order valence-corrected chi connectivity index (χ3v) is 7.69. The van der Waals surface area contributed by atoms with Gasteiger partial charge in [0.2, 0.25) is 0 Å². The molecule has 2 aliphatic heterocycles. The summed E-state index contributed by atoms with van der Waals surface area (Å²) in [4.78, 5) is 33.8. The number of aromatic nitrogens is 1. The molecular formula is C32H31FN6O3. The van der Waals surface area contributed by atoms with Crippen LogP contribution in [0.4, 0.5) is 4.39 Å². The first-order chi connectivity index (χ1) is 20.4. The number of alkyl halides is 1. The van der Waals surface area contributed by atoms with Crippen molar-refractivity contribution in [3.8, 4) is 17.9 Å². The molecule has 3 heterocycles. The summed E-state index contributed by atoms with van der Waals surface area (Å²) in [5.74, 6) is -0.152. The Balaban J connectivity index is 1.07. The van der Waals surface area contributed by atoms with E-state index in [1.165, 1.54) is 17.2 Å². The molecule has 10 heteroatoms. The predicted octanol–water partition coefficient (Wildman–Crippen LogP) is 3.85. The molecule has 2 amide bonds. The molecular weight excluding hydrogens is 535 g/mol. The maximum atomic E-state index is 14.9. The first kappa shape index (κ1) is 28.7. The van der Waals surface area contributed by atoms with Crippen molar-refractivity contribution < 1.29 is 18.7 Å². The molecule has 2 aromatic carbocycles. The molecule has 0 saturated carbocycles. The lowest BCUT2D eigenvalue weighted by Gasteiger charge is -2.34. The smallest absolute Gasteiger partial charge is 0.270 e. The molecule has 1 N–H and O–H groups in total. The Hall–Kier alpha value is -4.80. The highest BCUT2D eigenvalue weighted by Crippen LogP contribution is 2.23. The zero-order valence-electron chi connectivity index (χ0n) is 23.1. The summed E-state index contributed by atoms with van der Waals surface area (Å²) in [5, 5.41) is 20.9. The summed E-state index contributed by atoms with van der Waals surface area (Å²) < 4.78 is 20.7. The van der Waals surface area contributed by atoms with Gasteiger partial charge in [0.25, 0.3) is 11.8 Å². The SMILES string of the molecule is N#Cc1ccc(CN2CCC(NC(=O)c3ccc(C(=O)N4CCC(Oc5ccc(C#N)cc5)[C@@H](F)C4)cn3)CC2)cc1. The highest BCUT2D eigenvalue weighted by Gasteiger charge is 2.33. The largest absolute Gasteiger partial charge is 0.487 e. The van der Waals surface area contributed by atoms with E-state index in [0.717, 1.165) is 38.0 Å². The molecule has 0 bridgehead atoms. The molecule has 214 valence electrons. The van der Waals surface area contributed by atoms with Gasteiger partial charge in [-0.05, 0) is 66.9 Å². The Kier molecular flexibility index (Phi) is 9.05. The third kappa shape index (κ3) is 7.09. The fourth-order valence-electron chi connectivity index (χ4n) is 5.26. The van der Waals surface area contributed by atoms with Crippen LogP contribution in [0.15, 0.2) is 66.9 Å². The van der Waals surface area contributed by atoms with Crippen molar-refractivity contribution in [2.24, 2.45) is 0 Å². The zero-order valence-corrected chi connectivity index (χ0v) is 23.1. The number of nitrogens with zero attached hydrogens (tertiary/aromatic N) is 5. The molecule has 1 unspecified atom stereocenters. The van der Waals surface area contributed by atoms with Crippen LogP contribution in [0, 0.1) is 22.7 Å². The van der Waals surface area contributed by atoms with Gasteiger partial charge in [-0.15, -0.1) is 0 Å². The van der Waals surface area contributed by atoms with Crippen molar-refractivity contribution in [3.63, 3.8) is 0 Å². The van der Waals surface area contributed by atoms with Crippen LogP contribution in [0.2, 0.25) is 0 Å². The van der Waals surface area contributed by atoms with Gasteiger partial charge in [0.1, 0.15) is 17.5 Å². The lowest BCUT2D eigenvalue weighted by molar-refractivity contribution is 0.0202. The van der Waals surface area contributed by atoms with Crippen LogP contribution < -0.4 is 10.1 Å². The van der Waals surface area contributed by atoms with Crippen molar-refractivity contribution in [2.75, 3.05) is 26.2 Å². The van der Waals surface area contributed by atoms with Crippen LogP contribution >= 0.6 is 0 Å². The topological polar surface area (TPSA) is 122 Å². The lowest BCUT2D eigenvalue weighted by atomic mass is 10.0. The van der Waals surface area contributed by atoms with Gasteiger partial charge < -0.3 is 15.0 Å². The van der Waals surface area contributed by atoms with Gasteiger partial charge in [0, 0.05) is 44.8 Å². The Morgan fingerprint density at radius 1 is 0.929 bits per heavy atom. The van der Waals surface area contributed by atoms with Crippen LogP contribution in [0.5, 0.6) is 5.75 Å². The van der Waals surface area contributed by atoms with Gasteiger partial charge in [-0.2, -0.15) is 10.5 Å². The van der Waals surface area contributed by atoms with Gasteiger partial charge in [-0.3, -0.25) is 19.5 Å². The van der Waals surface area contributed by atoms with Gasteiger partial charge in [-0.25, -0.2) is 4.39 Å².